The molecule has 1 atom stereocenters. The van der Waals surface area contributed by atoms with E-state index in [4.69, 9.17) is 24.2 Å². The summed E-state index contributed by atoms with van der Waals surface area (Å²) in [5.41, 5.74) is 4.21. The third-order valence-electron chi connectivity index (χ3n) is 10.3. The van der Waals surface area contributed by atoms with Crippen molar-refractivity contribution in [2.24, 2.45) is 0 Å². The number of carboxylic acid groups (broad SMARTS) is 1. The van der Waals surface area contributed by atoms with Gasteiger partial charge in [-0.2, -0.15) is 0 Å². The number of carboxylic acids is 1. The van der Waals surface area contributed by atoms with E-state index in [-0.39, 0.29) is 12.5 Å². The number of pyridine rings is 1. The highest BCUT2D eigenvalue weighted by molar-refractivity contribution is 6.07. The monoisotopic (exact) mass is 799 g/mol. The second kappa shape index (κ2) is 18.9. The Morgan fingerprint density at radius 3 is 2.00 bits per heavy atom. The molecular weight excluding hydrogens is 743 g/mol. The molecule has 6 aromatic rings. The number of imidazole rings is 1. The van der Waals surface area contributed by atoms with Crippen LogP contribution in [0.4, 0.5) is 10.6 Å². The Morgan fingerprint density at radius 1 is 0.831 bits per heavy atom. The van der Waals surface area contributed by atoms with E-state index in [0.29, 0.717) is 57.0 Å². The number of hydrogen-bond acceptors (Lipinski definition) is 8. The Balaban J connectivity index is 1.48. The highest BCUT2D eigenvalue weighted by Gasteiger charge is 2.38. The second-order valence-electron chi connectivity index (χ2n) is 16.4. The molecule has 2 heterocycles. The number of nitrogens with zero attached hydrogens (tertiary/aromatic N) is 3. The van der Waals surface area contributed by atoms with E-state index in [1.54, 1.807) is 0 Å². The van der Waals surface area contributed by atoms with Crippen LogP contribution in [0.3, 0.4) is 0 Å². The zero-order valence-electron chi connectivity index (χ0n) is 35.0. The van der Waals surface area contributed by atoms with Crippen LogP contribution in [0.1, 0.15) is 89.1 Å². The van der Waals surface area contributed by atoms with E-state index in [9.17, 15) is 14.7 Å². The van der Waals surface area contributed by atoms with Gasteiger partial charge in [0.05, 0.1) is 29.6 Å². The van der Waals surface area contributed by atoms with Crippen molar-refractivity contribution in [1.82, 2.24) is 19.9 Å². The quantitative estimate of drug-likeness (QED) is 0.0540. The van der Waals surface area contributed by atoms with Crippen LogP contribution < -0.4 is 10.6 Å². The summed E-state index contributed by atoms with van der Waals surface area (Å²) < 4.78 is 20.0. The lowest BCUT2D eigenvalue weighted by Crippen LogP contribution is -2.38. The van der Waals surface area contributed by atoms with Gasteiger partial charge >= 0.3 is 12.1 Å². The number of rotatable bonds is 19. The zero-order valence-corrected chi connectivity index (χ0v) is 35.0. The fraction of sp³-hybridized carbons (Fsp3) is 0.375. The number of anilines is 1. The topological polar surface area (TPSA) is 137 Å². The number of aromatic nitrogens is 3. The van der Waals surface area contributed by atoms with Gasteiger partial charge in [0.15, 0.2) is 5.82 Å². The van der Waals surface area contributed by atoms with Gasteiger partial charge < -0.3 is 34.5 Å². The van der Waals surface area contributed by atoms with Gasteiger partial charge in [0.1, 0.15) is 16.7 Å². The number of nitrogens with one attached hydrogen (secondary N) is 2. The van der Waals surface area contributed by atoms with E-state index < -0.39 is 28.8 Å². The minimum atomic E-state index is -0.875. The van der Waals surface area contributed by atoms with Crippen LogP contribution in [-0.4, -0.2) is 69.3 Å². The number of hydrogen-bond donors (Lipinski definition) is 3. The predicted octanol–water partition coefficient (Wildman–Crippen LogP) is 9.68. The molecule has 0 aliphatic carbocycles. The molecule has 0 spiro atoms. The average Bonchev–Trinajstić information content (AvgIpc) is 3.67. The van der Waals surface area contributed by atoms with Crippen LogP contribution in [0, 0.1) is 0 Å². The Hall–Kier alpha value is -5.78. The number of aryl methyl sites for hydroxylation is 1. The van der Waals surface area contributed by atoms with Crippen molar-refractivity contribution in [3.8, 4) is 0 Å². The smallest absolute Gasteiger partial charge is 0.407 e. The van der Waals surface area contributed by atoms with Gasteiger partial charge in [-0.15, -0.1) is 0 Å². The Bertz CT molecular complexity index is 2210. The van der Waals surface area contributed by atoms with Crippen LogP contribution in [0.25, 0.3) is 21.9 Å². The normalized spacial score (nSPS) is 12.7. The first kappa shape index (κ1) is 42.8. The maximum absolute atomic E-state index is 12.3. The van der Waals surface area contributed by atoms with Crippen LogP contribution in [0.2, 0.25) is 0 Å². The molecule has 0 radical (unpaired) electrons. The summed E-state index contributed by atoms with van der Waals surface area (Å²) in [6.45, 7) is 13.3. The van der Waals surface area contributed by atoms with Gasteiger partial charge in [0, 0.05) is 37.6 Å². The number of benzene rings is 4. The van der Waals surface area contributed by atoms with Crippen LogP contribution >= 0.6 is 0 Å². The molecule has 2 aromatic heterocycles. The molecule has 0 saturated heterocycles. The minimum Gasteiger partial charge on any atom is -0.481 e. The van der Waals surface area contributed by atoms with Crippen molar-refractivity contribution in [3.63, 3.8) is 0 Å². The first-order chi connectivity index (χ1) is 28.3. The first-order valence-corrected chi connectivity index (χ1v) is 20.4. The number of carbonyl (C=O) groups excluding carboxylic acids is 1. The molecule has 6 rings (SSSR count). The third-order valence-corrected chi connectivity index (χ3v) is 10.3. The molecule has 11 heteroatoms. The second-order valence-corrected chi connectivity index (χ2v) is 16.4. The molecule has 1 unspecified atom stereocenters. The standard InChI is InChI=1S/C48H57N5O6/c1-7-57-29-27-38(32-47(5,6)58-30-28-49-45(56)59-46(2,3)4)53-33-50-42-43(53)39-25-23-34(24-26-41(54)55)31-40(39)51-44(42)52-48(35-17-11-8-12-18-35,36-19-13-9-14-20-36)37-21-15-10-16-22-37/h8-23,25,31,33,38H,7,24,26-30,32H2,1-6H3,(H,49,56)(H,51,52)(H,54,55). The van der Waals surface area contributed by atoms with E-state index in [1.165, 1.54) is 0 Å². The number of amides is 1. The third kappa shape index (κ3) is 10.6. The summed E-state index contributed by atoms with van der Waals surface area (Å²) in [5.74, 6) is -0.264. The van der Waals surface area contributed by atoms with E-state index in [0.717, 1.165) is 38.7 Å². The predicted molar refractivity (Wildman–Crippen MR) is 233 cm³/mol. The highest BCUT2D eigenvalue weighted by atomic mass is 16.6. The minimum absolute atomic E-state index is 0.0117. The SMILES string of the molecule is CCOCCC(CC(C)(C)OCCNC(=O)OC(C)(C)C)n1cnc2c(NC(c3ccccc3)(c3ccccc3)c3ccccc3)nc3cc(CCC(=O)O)ccc3c21. The van der Waals surface area contributed by atoms with E-state index in [1.807, 2.05) is 107 Å². The Morgan fingerprint density at radius 2 is 1.44 bits per heavy atom. The lowest BCUT2D eigenvalue weighted by molar-refractivity contribution is -0.136. The lowest BCUT2D eigenvalue weighted by atomic mass is 9.77. The van der Waals surface area contributed by atoms with Crippen molar-refractivity contribution in [1.29, 1.82) is 0 Å². The molecule has 1 amide bonds. The fourth-order valence-corrected chi connectivity index (χ4v) is 7.70. The van der Waals surface area contributed by atoms with Crippen molar-refractivity contribution < 1.29 is 28.9 Å². The molecule has 0 bridgehead atoms. The Kier molecular flexibility index (Phi) is 13.7. The summed E-state index contributed by atoms with van der Waals surface area (Å²) in [4.78, 5) is 34.4. The molecule has 0 aliphatic rings. The van der Waals surface area contributed by atoms with Crippen molar-refractivity contribution >= 4 is 39.8 Å². The first-order valence-electron chi connectivity index (χ1n) is 20.4. The molecular formula is C48H57N5O6. The van der Waals surface area contributed by atoms with Gasteiger partial charge in [-0.1, -0.05) is 103 Å². The fourth-order valence-electron chi connectivity index (χ4n) is 7.70. The molecule has 4 aromatic carbocycles. The number of ether oxygens (including phenoxy) is 3. The Labute approximate surface area is 347 Å². The lowest BCUT2D eigenvalue weighted by Gasteiger charge is -2.37. The van der Waals surface area contributed by atoms with Crippen LogP contribution in [-0.2, 0) is 31.0 Å². The molecule has 0 aliphatic heterocycles. The maximum atomic E-state index is 12.3. The van der Waals surface area contributed by atoms with Crippen LogP contribution in [0.15, 0.2) is 116 Å². The molecule has 0 saturated carbocycles. The van der Waals surface area contributed by atoms with Crippen molar-refractivity contribution in [2.45, 2.75) is 90.0 Å². The van der Waals surface area contributed by atoms with Crippen molar-refractivity contribution in [3.05, 3.63) is 138 Å². The molecule has 310 valence electrons. The van der Waals surface area contributed by atoms with Gasteiger partial charge in [-0.25, -0.2) is 14.8 Å². The molecule has 59 heavy (non-hydrogen) atoms. The van der Waals surface area contributed by atoms with Gasteiger partial charge in [-0.3, -0.25) is 4.79 Å². The van der Waals surface area contributed by atoms with Crippen LogP contribution in [0.5, 0.6) is 0 Å². The van der Waals surface area contributed by atoms with Gasteiger partial charge in [0.2, 0.25) is 0 Å². The summed E-state index contributed by atoms with van der Waals surface area (Å²) in [6.07, 6.45) is 3.10. The number of alkyl carbamates (subject to hydrolysis) is 1. The van der Waals surface area contributed by atoms with Crippen molar-refractivity contribution in [2.75, 3.05) is 31.7 Å². The molecule has 11 nitrogen and oxygen atoms in total. The maximum Gasteiger partial charge on any atom is 0.407 e. The summed E-state index contributed by atoms with van der Waals surface area (Å²) in [6, 6.07) is 37.0. The number of carbonyl (C=O) groups is 2. The summed E-state index contributed by atoms with van der Waals surface area (Å²) >= 11 is 0. The highest BCUT2D eigenvalue weighted by Crippen LogP contribution is 2.43. The van der Waals surface area contributed by atoms with Gasteiger partial charge in [0.25, 0.3) is 0 Å². The summed E-state index contributed by atoms with van der Waals surface area (Å²) in [7, 11) is 0. The number of aliphatic carboxylic acids is 1. The molecule has 3 N–H and O–H groups in total. The van der Waals surface area contributed by atoms with E-state index >= 15 is 0 Å². The zero-order chi connectivity index (χ0) is 42.0. The number of fused-ring (bicyclic) bond motifs is 3. The van der Waals surface area contributed by atoms with E-state index in [2.05, 4.69) is 65.4 Å². The average molecular weight is 800 g/mol. The largest absolute Gasteiger partial charge is 0.481 e. The summed E-state index contributed by atoms with van der Waals surface area (Å²) in [5, 5.41) is 17.2. The molecule has 0 fully saturated rings. The van der Waals surface area contributed by atoms with Gasteiger partial charge in [-0.05, 0) is 89.1 Å².